The summed E-state index contributed by atoms with van der Waals surface area (Å²) in [4.78, 5) is 25.7. The number of furan rings is 1. The van der Waals surface area contributed by atoms with Crippen LogP contribution in [0.25, 0.3) is 0 Å². The topological polar surface area (TPSA) is 116 Å². The average molecular weight is 459 g/mol. The minimum Gasteiger partial charge on any atom is -0.496 e. The van der Waals surface area contributed by atoms with E-state index in [-0.39, 0.29) is 24.7 Å². The highest BCUT2D eigenvalue weighted by Crippen LogP contribution is 2.36. The van der Waals surface area contributed by atoms with Crippen molar-refractivity contribution in [2.75, 3.05) is 12.4 Å². The van der Waals surface area contributed by atoms with Crippen LogP contribution in [0.4, 0.5) is 11.4 Å². The molecule has 1 unspecified atom stereocenters. The van der Waals surface area contributed by atoms with Crippen LogP contribution in [0.3, 0.4) is 0 Å². The molecule has 4 aromatic rings. The van der Waals surface area contributed by atoms with Gasteiger partial charge in [0.15, 0.2) is 0 Å². The van der Waals surface area contributed by atoms with Crippen molar-refractivity contribution in [2.24, 2.45) is 0 Å². The summed E-state index contributed by atoms with van der Waals surface area (Å²) >= 11 is 0. The van der Waals surface area contributed by atoms with Crippen LogP contribution in [0.15, 0.2) is 77.7 Å². The molecule has 5 rings (SSSR count). The molecule has 1 atom stereocenters. The summed E-state index contributed by atoms with van der Waals surface area (Å²) in [5, 5.41) is 18.6. The van der Waals surface area contributed by atoms with Gasteiger partial charge in [0.25, 0.3) is 5.91 Å². The van der Waals surface area contributed by atoms with Crippen molar-refractivity contribution in [1.29, 1.82) is 0 Å². The first-order valence-electron chi connectivity index (χ1n) is 10.6. The molecular weight excluding hydrogens is 438 g/mol. The van der Waals surface area contributed by atoms with Gasteiger partial charge in [-0.05, 0) is 42.0 Å². The molecular formula is C24H21N5O5. The number of nitro groups is 1. The third-order valence-electron chi connectivity index (χ3n) is 5.71. The van der Waals surface area contributed by atoms with Crippen LogP contribution >= 0.6 is 0 Å². The van der Waals surface area contributed by atoms with Gasteiger partial charge in [-0.2, -0.15) is 5.10 Å². The van der Waals surface area contributed by atoms with Gasteiger partial charge >= 0.3 is 5.69 Å². The second-order valence-corrected chi connectivity index (χ2v) is 7.83. The van der Waals surface area contributed by atoms with Crippen LogP contribution in [0, 0.1) is 10.1 Å². The van der Waals surface area contributed by atoms with E-state index in [4.69, 9.17) is 9.15 Å². The van der Waals surface area contributed by atoms with Crippen molar-refractivity contribution in [3.05, 3.63) is 106 Å². The number of carbonyl (C=O) groups is 1. The van der Waals surface area contributed by atoms with Crippen molar-refractivity contribution in [1.82, 2.24) is 14.7 Å². The zero-order valence-corrected chi connectivity index (χ0v) is 18.2. The first-order valence-corrected chi connectivity index (χ1v) is 10.6. The molecule has 0 fully saturated rings. The number of methoxy groups -OCH3 is 1. The molecule has 0 bridgehead atoms. The average Bonchev–Trinajstić information content (AvgIpc) is 3.53. The first kappa shape index (κ1) is 21.3. The molecule has 10 nitrogen and oxygen atoms in total. The molecule has 0 saturated heterocycles. The SMILES string of the molecule is COc1ccc(C2Nc3ccccc3C(=O)N2Cc2ccco2)cc1Cn1cc([N+](=O)[O-])cn1. The van der Waals surface area contributed by atoms with Crippen molar-refractivity contribution in [2.45, 2.75) is 19.3 Å². The first-order chi connectivity index (χ1) is 16.5. The summed E-state index contributed by atoms with van der Waals surface area (Å²) in [5.74, 6) is 1.16. The maximum atomic E-state index is 13.4. The Balaban J connectivity index is 1.52. The van der Waals surface area contributed by atoms with E-state index >= 15 is 0 Å². The number of para-hydroxylation sites is 1. The number of anilines is 1. The minimum absolute atomic E-state index is 0.0871. The van der Waals surface area contributed by atoms with Gasteiger partial charge in [0.05, 0.1) is 36.9 Å². The van der Waals surface area contributed by atoms with Crippen LogP contribution in [0.5, 0.6) is 5.75 Å². The highest BCUT2D eigenvalue weighted by Gasteiger charge is 2.33. The summed E-state index contributed by atoms with van der Waals surface area (Å²) in [5.41, 5.74) is 2.84. The lowest BCUT2D eigenvalue weighted by Gasteiger charge is -2.38. The number of nitrogens with zero attached hydrogens (tertiary/aromatic N) is 4. The number of hydrogen-bond acceptors (Lipinski definition) is 7. The summed E-state index contributed by atoms with van der Waals surface area (Å²) in [7, 11) is 1.56. The van der Waals surface area contributed by atoms with Crippen LogP contribution in [-0.4, -0.2) is 32.6 Å². The van der Waals surface area contributed by atoms with Gasteiger partial charge in [-0.25, -0.2) is 0 Å². The summed E-state index contributed by atoms with van der Waals surface area (Å²) in [6.07, 6.45) is 3.69. The quantitative estimate of drug-likeness (QED) is 0.325. The summed E-state index contributed by atoms with van der Waals surface area (Å²) < 4.78 is 12.5. The van der Waals surface area contributed by atoms with E-state index in [0.29, 0.717) is 17.1 Å². The largest absolute Gasteiger partial charge is 0.496 e. The van der Waals surface area contributed by atoms with E-state index in [1.54, 1.807) is 30.4 Å². The van der Waals surface area contributed by atoms with Gasteiger partial charge in [0, 0.05) is 11.3 Å². The maximum absolute atomic E-state index is 13.4. The molecule has 172 valence electrons. The Morgan fingerprint density at radius 2 is 2.03 bits per heavy atom. The van der Waals surface area contributed by atoms with Crippen LogP contribution in [-0.2, 0) is 13.1 Å². The molecule has 1 N–H and O–H groups in total. The fourth-order valence-corrected chi connectivity index (χ4v) is 4.09. The number of hydrogen-bond donors (Lipinski definition) is 1. The molecule has 10 heteroatoms. The fraction of sp³-hybridized carbons (Fsp3) is 0.167. The zero-order chi connectivity index (χ0) is 23.7. The molecule has 0 spiro atoms. The fourth-order valence-electron chi connectivity index (χ4n) is 4.09. The summed E-state index contributed by atoms with van der Waals surface area (Å²) in [6, 6.07) is 16.6. The number of benzene rings is 2. The Hall–Kier alpha value is -4.60. The van der Waals surface area contributed by atoms with Crippen molar-refractivity contribution >= 4 is 17.3 Å². The lowest BCUT2D eigenvalue weighted by molar-refractivity contribution is -0.385. The van der Waals surface area contributed by atoms with Crippen molar-refractivity contribution in [3.63, 3.8) is 0 Å². The van der Waals surface area contributed by atoms with Gasteiger partial charge in [0.1, 0.15) is 30.1 Å². The highest BCUT2D eigenvalue weighted by molar-refractivity contribution is 6.01. The van der Waals surface area contributed by atoms with Crippen molar-refractivity contribution in [3.8, 4) is 5.75 Å². The molecule has 1 amide bonds. The molecule has 0 aliphatic carbocycles. The van der Waals surface area contributed by atoms with Gasteiger partial charge in [-0.15, -0.1) is 0 Å². The van der Waals surface area contributed by atoms with Gasteiger partial charge in [0.2, 0.25) is 0 Å². The van der Waals surface area contributed by atoms with E-state index in [9.17, 15) is 14.9 Å². The molecule has 3 heterocycles. The van der Waals surface area contributed by atoms with Gasteiger partial charge in [-0.1, -0.05) is 18.2 Å². The van der Waals surface area contributed by atoms with E-state index in [1.807, 2.05) is 42.5 Å². The number of amides is 1. The Labute approximate surface area is 194 Å². The minimum atomic E-state index is -0.487. The van der Waals surface area contributed by atoms with E-state index in [1.165, 1.54) is 17.1 Å². The Morgan fingerprint density at radius 3 is 2.76 bits per heavy atom. The van der Waals surface area contributed by atoms with E-state index < -0.39 is 11.1 Å². The number of fused-ring (bicyclic) bond motifs is 1. The molecule has 0 radical (unpaired) electrons. The second kappa shape index (κ2) is 8.74. The van der Waals surface area contributed by atoms with Crippen LogP contribution in [0.1, 0.15) is 33.4 Å². The van der Waals surface area contributed by atoms with Crippen molar-refractivity contribution < 1.29 is 18.9 Å². The lowest BCUT2D eigenvalue weighted by Crippen LogP contribution is -2.42. The summed E-state index contributed by atoms with van der Waals surface area (Å²) in [6.45, 7) is 0.546. The number of rotatable bonds is 7. The standard InChI is InChI=1S/C24H21N5O5/c1-33-22-9-8-16(11-17(22)13-27-14-18(12-25-27)29(31)32)23-26-21-7-3-2-6-20(21)24(30)28(23)15-19-5-4-10-34-19/h2-12,14,23,26H,13,15H2,1H3. The number of carbonyl (C=O) groups excluding carboxylic acids is 1. The van der Waals surface area contributed by atoms with Crippen LogP contribution in [0.2, 0.25) is 0 Å². The smallest absolute Gasteiger partial charge is 0.307 e. The van der Waals surface area contributed by atoms with E-state index in [0.717, 1.165) is 16.8 Å². The molecule has 2 aromatic heterocycles. The maximum Gasteiger partial charge on any atom is 0.307 e. The third-order valence-corrected chi connectivity index (χ3v) is 5.71. The third kappa shape index (κ3) is 3.96. The van der Waals surface area contributed by atoms with Gasteiger partial charge in [-0.3, -0.25) is 19.6 Å². The Kier molecular flexibility index (Phi) is 5.46. The number of aromatic nitrogens is 2. The number of nitrogens with one attached hydrogen (secondary N) is 1. The Bertz CT molecular complexity index is 1350. The predicted molar refractivity (Wildman–Crippen MR) is 122 cm³/mol. The number of ether oxygens (including phenoxy) is 1. The second-order valence-electron chi connectivity index (χ2n) is 7.83. The monoisotopic (exact) mass is 459 g/mol. The van der Waals surface area contributed by atoms with Gasteiger partial charge < -0.3 is 19.4 Å². The predicted octanol–water partition coefficient (Wildman–Crippen LogP) is 4.21. The highest BCUT2D eigenvalue weighted by atomic mass is 16.6. The lowest BCUT2D eigenvalue weighted by atomic mass is 10.0. The normalized spacial score (nSPS) is 15.0. The molecule has 2 aromatic carbocycles. The van der Waals surface area contributed by atoms with E-state index in [2.05, 4.69) is 10.4 Å². The zero-order valence-electron chi connectivity index (χ0n) is 18.2. The molecule has 34 heavy (non-hydrogen) atoms. The molecule has 1 aliphatic heterocycles. The molecule has 0 saturated carbocycles. The molecule has 1 aliphatic rings. The Morgan fingerprint density at radius 1 is 1.18 bits per heavy atom. The van der Waals surface area contributed by atoms with Crippen LogP contribution < -0.4 is 10.1 Å².